The Balaban J connectivity index is 1.90. The molecule has 0 aliphatic carbocycles. The Bertz CT molecular complexity index is 819. The monoisotopic (exact) mass is 373 g/mol. The Morgan fingerprint density at radius 3 is 2.32 bits per heavy atom. The van der Waals surface area contributed by atoms with E-state index < -0.39 is 0 Å². The normalized spacial score (nSPS) is 10.3. The van der Waals surface area contributed by atoms with E-state index in [0.717, 1.165) is 5.56 Å². The number of carbonyl (C=O) groups excluding carboxylic acids is 2. The molecule has 0 aliphatic rings. The van der Waals surface area contributed by atoms with E-state index in [-0.39, 0.29) is 16.9 Å². The first kappa shape index (κ1) is 18.6. The second-order valence-electron chi connectivity index (χ2n) is 5.09. The van der Waals surface area contributed by atoms with Gasteiger partial charge in [-0.3, -0.25) is 14.9 Å². The van der Waals surface area contributed by atoms with Crippen molar-refractivity contribution in [2.24, 2.45) is 0 Å². The standard InChI is InChI=1S/C18H16ClN3O2S/c1-12(23)20-15-3-2-4-16(11-15)21-18(25)22-17(24)10-7-13-5-8-14(19)9-6-13/h2-11H,1H3,(H,20,23)(H2,21,22,24,25)/b10-7+. The van der Waals surface area contributed by atoms with E-state index in [1.54, 1.807) is 54.6 Å². The molecule has 0 saturated carbocycles. The van der Waals surface area contributed by atoms with Crippen molar-refractivity contribution in [3.63, 3.8) is 0 Å². The summed E-state index contributed by atoms with van der Waals surface area (Å²) in [6.07, 6.45) is 3.04. The smallest absolute Gasteiger partial charge is 0.250 e. The van der Waals surface area contributed by atoms with Crippen molar-refractivity contribution in [1.82, 2.24) is 5.32 Å². The highest BCUT2D eigenvalue weighted by Crippen LogP contribution is 2.15. The van der Waals surface area contributed by atoms with Gasteiger partial charge in [-0.15, -0.1) is 0 Å². The lowest BCUT2D eigenvalue weighted by Crippen LogP contribution is -2.32. The summed E-state index contributed by atoms with van der Waals surface area (Å²) in [7, 11) is 0. The fourth-order valence-corrected chi connectivity index (χ4v) is 2.28. The van der Waals surface area contributed by atoms with Gasteiger partial charge in [-0.2, -0.15) is 0 Å². The number of thiocarbonyl (C=S) groups is 1. The van der Waals surface area contributed by atoms with Gasteiger partial charge in [0.15, 0.2) is 5.11 Å². The first-order chi connectivity index (χ1) is 11.9. The van der Waals surface area contributed by atoms with Crippen LogP contribution in [0, 0.1) is 0 Å². The van der Waals surface area contributed by atoms with Crippen molar-refractivity contribution in [2.75, 3.05) is 10.6 Å². The Labute approximate surface area is 156 Å². The zero-order chi connectivity index (χ0) is 18.2. The summed E-state index contributed by atoms with van der Waals surface area (Å²) in [5, 5.41) is 8.90. The third-order valence-corrected chi connectivity index (χ3v) is 3.43. The fourth-order valence-electron chi connectivity index (χ4n) is 1.94. The molecule has 0 aliphatic heterocycles. The van der Waals surface area contributed by atoms with Crippen LogP contribution in [0.5, 0.6) is 0 Å². The first-order valence-electron chi connectivity index (χ1n) is 7.35. The van der Waals surface area contributed by atoms with Gasteiger partial charge in [0.25, 0.3) is 0 Å². The van der Waals surface area contributed by atoms with Crippen molar-refractivity contribution in [2.45, 2.75) is 6.92 Å². The van der Waals surface area contributed by atoms with Crippen LogP contribution in [-0.2, 0) is 9.59 Å². The van der Waals surface area contributed by atoms with Gasteiger partial charge < -0.3 is 10.6 Å². The molecule has 0 bridgehead atoms. The van der Waals surface area contributed by atoms with Crippen LogP contribution in [0.1, 0.15) is 12.5 Å². The second-order valence-corrected chi connectivity index (χ2v) is 5.93. The summed E-state index contributed by atoms with van der Waals surface area (Å²) in [5.41, 5.74) is 2.13. The quantitative estimate of drug-likeness (QED) is 0.562. The molecule has 2 aromatic carbocycles. The molecule has 0 heterocycles. The van der Waals surface area contributed by atoms with Gasteiger partial charge in [-0.05, 0) is 54.2 Å². The lowest BCUT2D eigenvalue weighted by atomic mass is 10.2. The highest BCUT2D eigenvalue weighted by atomic mass is 35.5. The lowest BCUT2D eigenvalue weighted by molar-refractivity contribution is -0.115. The minimum Gasteiger partial charge on any atom is -0.332 e. The number of halogens is 1. The predicted octanol–water partition coefficient (Wildman–Crippen LogP) is 3.82. The molecule has 0 radical (unpaired) electrons. The third-order valence-electron chi connectivity index (χ3n) is 2.97. The Morgan fingerprint density at radius 1 is 1.04 bits per heavy atom. The number of nitrogens with one attached hydrogen (secondary N) is 3. The van der Waals surface area contributed by atoms with Crippen molar-refractivity contribution < 1.29 is 9.59 Å². The van der Waals surface area contributed by atoms with Gasteiger partial charge in [-0.1, -0.05) is 29.8 Å². The first-order valence-corrected chi connectivity index (χ1v) is 8.14. The third kappa shape index (κ3) is 6.74. The molecule has 0 aromatic heterocycles. The molecular weight excluding hydrogens is 358 g/mol. The molecular formula is C18H16ClN3O2S. The summed E-state index contributed by atoms with van der Waals surface area (Å²) in [4.78, 5) is 23.0. The van der Waals surface area contributed by atoms with E-state index in [1.165, 1.54) is 13.0 Å². The average molecular weight is 374 g/mol. The molecule has 0 saturated heterocycles. The average Bonchev–Trinajstić information content (AvgIpc) is 2.54. The van der Waals surface area contributed by atoms with Crippen LogP contribution < -0.4 is 16.0 Å². The highest BCUT2D eigenvalue weighted by Gasteiger charge is 2.03. The minimum absolute atomic E-state index is 0.158. The Kier molecular flexibility index (Phi) is 6.68. The van der Waals surface area contributed by atoms with E-state index >= 15 is 0 Å². The molecule has 0 spiro atoms. The number of hydrogen-bond acceptors (Lipinski definition) is 3. The van der Waals surface area contributed by atoms with Crippen molar-refractivity contribution in [1.29, 1.82) is 0 Å². The predicted molar refractivity (Wildman–Crippen MR) is 106 cm³/mol. The number of amides is 2. The number of anilines is 2. The summed E-state index contributed by atoms with van der Waals surface area (Å²) in [6.45, 7) is 1.43. The van der Waals surface area contributed by atoms with E-state index in [0.29, 0.717) is 16.4 Å². The van der Waals surface area contributed by atoms with Gasteiger partial charge in [0.2, 0.25) is 11.8 Å². The van der Waals surface area contributed by atoms with E-state index in [9.17, 15) is 9.59 Å². The maximum absolute atomic E-state index is 11.9. The summed E-state index contributed by atoms with van der Waals surface area (Å²) >= 11 is 10.9. The van der Waals surface area contributed by atoms with Gasteiger partial charge in [0.05, 0.1) is 0 Å². The SMILES string of the molecule is CC(=O)Nc1cccc(NC(=S)NC(=O)/C=C/c2ccc(Cl)cc2)c1. The summed E-state index contributed by atoms with van der Waals surface area (Å²) < 4.78 is 0. The Hall–Kier alpha value is -2.70. The topological polar surface area (TPSA) is 70.2 Å². The molecule has 0 fully saturated rings. The molecule has 25 heavy (non-hydrogen) atoms. The second kappa shape index (κ2) is 8.96. The molecule has 0 atom stereocenters. The lowest BCUT2D eigenvalue weighted by Gasteiger charge is -2.10. The van der Waals surface area contributed by atoms with E-state index in [4.69, 9.17) is 23.8 Å². The summed E-state index contributed by atoms with van der Waals surface area (Å²) in [5.74, 6) is -0.522. The highest BCUT2D eigenvalue weighted by molar-refractivity contribution is 7.80. The van der Waals surface area contributed by atoms with Crippen LogP contribution in [0.4, 0.5) is 11.4 Å². The zero-order valence-corrected chi connectivity index (χ0v) is 14.9. The Morgan fingerprint density at radius 2 is 1.68 bits per heavy atom. The van der Waals surface area contributed by atoms with Crippen molar-refractivity contribution in [3.8, 4) is 0 Å². The van der Waals surface area contributed by atoms with Gasteiger partial charge in [0.1, 0.15) is 0 Å². The van der Waals surface area contributed by atoms with Crippen LogP contribution in [0.15, 0.2) is 54.6 Å². The number of hydrogen-bond donors (Lipinski definition) is 3. The molecule has 7 heteroatoms. The fraction of sp³-hybridized carbons (Fsp3) is 0.0556. The molecule has 3 N–H and O–H groups in total. The van der Waals surface area contributed by atoms with Crippen LogP contribution in [-0.4, -0.2) is 16.9 Å². The number of rotatable bonds is 4. The number of carbonyl (C=O) groups is 2. The van der Waals surface area contributed by atoms with Crippen LogP contribution in [0.2, 0.25) is 5.02 Å². The van der Waals surface area contributed by atoms with Gasteiger partial charge in [0, 0.05) is 29.4 Å². The maximum atomic E-state index is 11.9. The summed E-state index contributed by atoms with van der Waals surface area (Å²) in [6, 6.07) is 14.1. The minimum atomic E-state index is -0.356. The number of benzene rings is 2. The van der Waals surface area contributed by atoms with Crippen LogP contribution in [0.3, 0.4) is 0 Å². The molecule has 128 valence electrons. The zero-order valence-electron chi connectivity index (χ0n) is 13.4. The van der Waals surface area contributed by atoms with Crippen LogP contribution >= 0.6 is 23.8 Å². The van der Waals surface area contributed by atoms with Crippen LogP contribution in [0.25, 0.3) is 6.08 Å². The van der Waals surface area contributed by atoms with E-state index in [1.807, 2.05) is 0 Å². The van der Waals surface area contributed by atoms with Gasteiger partial charge in [-0.25, -0.2) is 0 Å². The molecule has 5 nitrogen and oxygen atoms in total. The largest absolute Gasteiger partial charge is 0.332 e. The van der Waals surface area contributed by atoms with Gasteiger partial charge >= 0.3 is 0 Å². The van der Waals surface area contributed by atoms with Crippen molar-refractivity contribution >= 4 is 58.2 Å². The maximum Gasteiger partial charge on any atom is 0.250 e. The van der Waals surface area contributed by atoms with Crippen molar-refractivity contribution in [3.05, 3.63) is 65.2 Å². The molecule has 2 amide bonds. The van der Waals surface area contributed by atoms with E-state index in [2.05, 4.69) is 16.0 Å². The molecule has 2 rings (SSSR count). The molecule has 2 aromatic rings. The molecule has 0 unspecified atom stereocenters.